The third kappa shape index (κ3) is 3.09. The molecule has 4 heteroatoms. The number of hydrogen-bond acceptors (Lipinski definition) is 3. The van der Waals surface area contributed by atoms with Gasteiger partial charge in [0.15, 0.2) is 0 Å². The molecule has 1 fully saturated rings. The van der Waals surface area contributed by atoms with E-state index in [1.54, 1.807) is 0 Å². The number of fused-ring (bicyclic) bond motifs is 6. The highest BCUT2D eigenvalue weighted by atomic mass is 16.7. The van der Waals surface area contributed by atoms with Crippen molar-refractivity contribution in [1.82, 2.24) is 0 Å². The summed E-state index contributed by atoms with van der Waals surface area (Å²) in [6.45, 7) is 13.0. The zero-order chi connectivity index (χ0) is 25.7. The molecule has 184 valence electrons. The summed E-state index contributed by atoms with van der Waals surface area (Å²) in [5.74, 6) is 0. The summed E-state index contributed by atoms with van der Waals surface area (Å²) in [5, 5.41) is 2.19. The Hall–Kier alpha value is -3.34. The van der Waals surface area contributed by atoms with Crippen LogP contribution < -0.4 is 5.46 Å². The summed E-state index contributed by atoms with van der Waals surface area (Å²) in [7, 11) is -0.475. The molecule has 1 aliphatic heterocycles. The lowest BCUT2D eigenvalue weighted by atomic mass is 9.78. The Morgan fingerprint density at radius 2 is 1.19 bits per heavy atom. The Balaban J connectivity index is 1.39. The molecule has 7 rings (SSSR count). The Labute approximate surface area is 218 Å². The first-order valence-electron chi connectivity index (χ1n) is 13.1. The van der Waals surface area contributed by atoms with E-state index in [4.69, 9.17) is 13.7 Å². The SMILES string of the molecule is CC1(C)c2ccccc2-c2ccc(-c3cccc4c3oc3c(B5OC(C)(C)C(C)(C)O5)cccc34)cc21. The van der Waals surface area contributed by atoms with E-state index in [2.05, 4.69) is 120 Å². The quantitative estimate of drug-likeness (QED) is 0.238. The lowest BCUT2D eigenvalue weighted by molar-refractivity contribution is 0.00578. The molecule has 0 atom stereocenters. The average molecular weight is 486 g/mol. The van der Waals surface area contributed by atoms with Crippen LogP contribution >= 0.6 is 0 Å². The van der Waals surface area contributed by atoms with Crippen LogP contribution in [0.3, 0.4) is 0 Å². The maximum atomic E-state index is 6.69. The largest absolute Gasteiger partial charge is 0.498 e. The monoisotopic (exact) mass is 486 g/mol. The molecule has 1 aromatic heterocycles. The molecule has 0 amide bonds. The van der Waals surface area contributed by atoms with E-state index in [0.717, 1.165) is 33.0 Å². The van der Waals surface area contributed by atoms with Crippen LogP contribution in [0.2, 0.25) is 0 Å². The maximum absolute atomic E-state index is 6.69. The second kappa shape index (κ2) is 7.37. The predicted molar refractivity (Wildman–Crippen MR) is 152 cm³/mol. The molecule has 0 N–H and O–H groups in total. The fourth-order valence-corrected chi connectivity index (χ4v) is 6.10. The van der Waals surface area contributed by atoms with Crippen molar-refractivity contribution < 1.29 is 13.7 Å². The summed E-state index contributed by atoms with van der Waals surface area (Å²) in [4.78, 5) is 0. The molecule has 1 saturated heterocycles. The lowest BCUT2D eigenvalue weighted by Crippen LogP contribution is -2.41. The number of benzene rings is 4. The van der Waals surface area contributed by atoms with Gasteiger partial charge in [-0.25, -0.2) is 0 Å². The van der Waals surface area contributed by atoms with Crippen molar-refractivity contribution in [2.75, 3.05) is 0 Å². The summed E-state index contributed by atoms with van der Waals surface area (Å²) in [6, 6.07) is 28.3. The maximum Gasteiger partial charge on any atom is 0.498 e. The fourth-order valence-electron chi connectivity index (χ4n) is 6.10. The van der Waals surface area contributed by atoms with E-state index >= 15 is 0 Å². The third-order valence-electron chi connectivity index (χ3n) is 8.96. The van der Waals surface area contributed by atoms with Crippen molar-refractivity contribution in [2.45, 2.75) is 58.2 Å². The molecule has 0 saturated carbocycles. The fraction of sp³-hybridized carbons (Fsp3) is 0.273. The van der Waals surface area contributed by atoms with Crippen LogP contribution in [0.15, 0.2) is 83.3 Å². The van der Waals surface area contributed by atoms with Gasteiger partial charge in [-0.2, -0.15) is 0 Å². The standard InChI is InChI=1S/C33H31BO3/c1-31(2)26-15-8-7-11-22(26)23-18-17-20(19-27(23)31)21-12-9-13-24-25-14-10-16-28(30(25)35-29(21)24)34-36-32(3,4)33(5,6)37-34/h7-19H,1-6H3. The van der Waals surface area contributed by atoms with Crippen molar-refractivity contribution >= 4 is 34.5 Å². The van der Waals surface area contributed by atoms with Crippen LogP contribution in [0, 0.1) is 0 Å². The van der Waals surface area contributed by atoms with Gasteiger partial charge >= 0.3 is 7.12 Å². The van der Waals surface area contributed by atoms with E-state index in [-0.39, 0.29) is 5.41 Å². The van der Waals surface area contributed by atoms with Gasteiger partial charge in [0, 0.05) is 27.2 Å². The minimum atomic E-state index is -0.475. The molecule has 5 aromatic rings. The summed E-state index contributed by atoms with van der Waals surface area (Å²) < 4.78 is 19.5. The van der Waals surface area contributed by atoms with Crippen molar-refractivity contribution in [3.8, 4) is 22.3 Å². The minimum Gasteiger partial charge on any atom is -0.456 e. The Kier molecular flexibility index (Phi) is 4.55. The van der Waals surface area contributed by atoms with Gasteiger partial charge in [-0.1, -0.05) is 86.6 Å². The van der Waals surface area contributed by atoms with Crippen molar-refractivity contribution in [3.63, 3.8) is 0 Å². The van der Waals surface area contributed by atoms with Gasteiger partial charge in [-0.3, -0.25) is 0 Å². The van der Waals surface area contributed by atoms with Crippen LogP contribution in [-0.2, 0) is 14.7 Å². The van der Waals surface area contributed by atoms with Gasteiger partial charge in [0.25, 0.3) is 0 Å². The molecule has 0 bridgehead atoms. The second-order valence-electron chi connectivity index (χ2n) is 12.0. The van der Waals surface area contributed by atoms with Gasteiger partial charge in [0.1, 0.15) is 11.2 Å². The van der Waals surface area contributed by atoms with E-state index < -0.39 is 18.3 Å². The Bertz CT molecular complexity index is 1710. The first-order valence-corrected chi connectivity index (χ1v) is 13.1. The number of hydrogen-bond donors (Lipinski definition) is 0. The molecule has 1 aliphatic carbocycles. The summed E-state index contributed by atoms with van der Waals surface area (Å²) >= 11 is 0. The lowest BCUT2D eigenvalue weighted by Gasteiger charge is -2.32. The topological polar surface area (TPSA) is 31.6 Å². The Morgan fingerprint density at radius 1 is 0.568 bits per heavy atom. The van der Waals surface area contributed by atoms with Gasteiger partial charge in [0.2, 0.25) is 0 Å². The highest BCUT2D eigenvalue weighted by Crippen LogP contribution is 2.50. The van der Waals surface area contributed by atoms with Gasteiger partial charge in [0.05, 0.1) is 11.2 Å². The third-order valence-corrected chi connectivity index (χ3v) is 8.96. The molecule has 2 aliphatic rings. The van der Waals surface area contributed by atoms with E-state index in [0.29, 0.717) is 0 Å². The van der Waals surface area contributed by atoms with Crippen LogP contribution in [0.4, 0.5) is 0 Å². The number of rotatable bonds is 2. The molecule has 2 heterocycles. The molecular weight excluding hydrogens is 455 g/mol. The molecule has 3 nitrogen and oxygen atoms in total. The van der Waals surface area contributed by atoms with Gasteiger partial charge in [-0.15, -0.1) is 0 Å². The van der Waals surface area contributed by atoms with Crippen molar-refractivity contribution in [3.05, 3.63) is 90.0 Å². The van der Waals surface area contributed by atoms with Crippen LogP contribution in [-0.4, -0.2) is 18.3 Å². The molecule has 0 radical (unpaired) electrons. The van der Waals surface area contributed by atoms with Crippen molar-refractivity contribution in [2.24, 2.45) is 0 Å². The van der Waals surface area contributed by atoms with Crippen LogP contribution in [0.1, 0.15) is 52.7 Å². The van der Waals surface area contributed by atoms with Crippen LogP contribution in [0.5, 0.6) is 0 Å². The molecule has 37 heavy (non-hydrogen) atoms. The Morgan fingerprint density at radius 3 is 1.95 bits per heavy atom. The number of furan rings is 1. The van der Waals surface area contributed by atoms with Gasteiger partial charge < -0.3 is 13.7 Å². The van der Waals surface area contributed by atoms with E-state index in [9.17, 15) is 0 Å². The first kappa shape index (κ1) is 22.8. The normalized spacial score (nSPS) is 18.9. The highest BCUT2D eigenvalue weighted by Gasteiger charge is 2.52. The first-order chi connectivity index (χ1) is 17.6. The summed E-state index contributed by atoms with van der Waals surface area (Å²) in [6.07, 6.45) is 0. The highest BCUT2D eigenvalue weighted by molar-refractivity contribution is 6.65. The minimum absolute atomic E-state index is 0.0480. The van der Waals surface area contributed by atoms with Crippen molar-refractivity contribution in [1.29, 1.82) is 0 Å². The van der Waals surface area contributed by atoms with Gasteiger partial charge in [-0.05, 0) is 61.6 Å². The molecule has 4 aromatic carbocycles. The summed E-state index contributed by atoms with van der Waals surface area (Å²) in [5.41, 5.74) is 9.46. The second-order valence-corrected chi connectivity index (χ2v) is 12.0. The number of para-hydroxylation sites is 2. The average Bonchev–Trinajstić information content (AvgIpc) is 3.44. The van der Waals surface area contributed by atoms with E-state index in [1.807, 2.05) is 0 Å². The zero-order valence-corrected chi connectivity index (χ0v) is 22.3. The van der Waals surface area contributed by atoms with E-state index in [1.165, 1.54) is 27.8 Å². The predicted octanol–water partition coefficient (Wildman–Crippen LogP) is 7.86. The molecule has 0 unspecified atom stereocenters. The zero-order valence-electron chi connectivity index (χ0n) is 22.3. The molecule has 0 spiro atoms. The van der Waals surface area contributed by atoms with Crippen LogP contribution in [0.25, 0.3) is 44.2 Å². The molecular formula is C33H31BO3. The smallest absolute Gasteiger partial charge is 0.456 e.